The average Bonchev–Trinajstić information content (AvgIpc) is 2.83. The topological polar surface area (TPSA) is 74.8 Å². The molecule has 0 N–H and O–H groups in total. The second-order valence-electron chi connectivity index (χ2n) is 7.75. The Morgan fingerprint density at radius 2 is 0.970 bits per heavy atom. The van der Waals surface area contributed by atoms with Gasteiger partial charge in [-0.15, -0.1) is 0 Å². The van der Waals surface area contributed by atoms with E-state index in [1.807, 2.05) is 0 Å². The van der Waals surface area contributed by atoms with Crippen LogP contribution in [0, 0.1) is 0 Å². The first-order valence-corrected chi connectivity index (χ1v) is 10.9. The van der Waals surface area contributed by atoms with Crippen LogP contribution >= 0.6 is 15.9 Å². The van der Waals surface area contributed by atoms with Gasteiger partial charge in [-0.25, -0.2) is 9.80 Å². The van der Waals surface area contributed by atoms with Crippen LogP contribution in [0.1, 0.15) is 41.4 Å². The highest BCUT2D eigenvalue weighted by molar-refractivity contribution is 9.10. The van der Waals surface area contributed by atoms with Crippen molar-refractivity contribution in [2.75, 3.05) is 9.80 Å². The number of carbonyl (C=O) groups excluding carboxylic acids is 4. The van der Waals surface area contributed by atoms with Gasteiger partial charge in [-0.1, -0.05) is 36.4 Å². The zero-order chi connectivity index (χ0) is 22.9. The van der Waals surface area contributed by atoms with Gasteiger partial charge in [0.2, 0.25) is 0 Å². The Hall–Kier alpha value is -4.10. The van der Waals surface area contributed by atoms with Gasteiger partial charge in [0.15, 0.2) is 0 Å². The number of carbonyl (C=O) groups is 4. The molecule has 0 fully saturated rings. The van der Waals surface area contributed by atoms with Gasteiger partial charge in [-0.2, -0.15) is 0 Å². The van der Waals surface area contributed by atoms with Crippen molar-refractivity contribution < 1.29 is 19.2 Å². The number of nitrogens with zero attached hydrogens (tertiary/aromatic N) is 2. The lowest BCUT2D eigenvalue weighted by Crippen LogP contribution is -2.43. The van der Waals surface area contributed by atoms with E-state index in [4.69, 9.17) is 0 Å². The first kappa shape index (κ1) is 19.6. The van der Waals surface area contributed by atoms with Crippen LogP contribution in [0.25, 0.3) is 10.8 Å². The number of amides is 4. The highest BCUT2D eigenvalue weighted by atomic mass is 79.9. The van der Waals surface area contributed by atoms with Crippen LogP contribution in [0.4, 0.5) is 11.4 Å². The van der Waals surface area contributed by atoms with E-state index in [1.54, 1.807) is 78.9 Å². The number of para-hydroxylation sites is 2. The fraction of sp³-hybridized carbons (Fsp3) is 0. The number of hydrogen-bond acceptors (Lipinski definition) is 4. The van der Waals surface area contributed by atoms with Gasteiger partial charge in [0, 0.05) is 26.4 Å². The molecular weight excluding hydrogens is 484 g/mol. The molecule has 4 amide bonds. The molecule has 4 aromatic carbocycles. The first-order valence-electron chi connectivity index (χ1n) is 10.2. The summed E-state index contributed by atoms with van der Waals surface area (Å²) in [6.07, 6.45) is 0. The Labute approximate surface area is 196 Å². The summed E-state index contributed by atoms with van der Waals surface area (Å²) in [5.74, 6) is -2.02. The first-order chi connectivity index (χ1) is 16.0. The van der Waals surface area contributed by atoms with Gasteiger partial charge in [-0.05, 0) is 58.4 Å². The van der Waals surface area contributed by atoms with Crippen LogP contribution in [0.15, 0.2) is 83.3 Å². The largest absolute Gasteiger partial charge is 0.268 e. The summed E-state index contributed by atoms with van der Waals surface area (Å²) in [5, 5.41) is 0.663. The standard InChI is InChI=1S/C26H13BrN2O4/c27-19-13-18-20-16(23(30)28(25(18)32)14-7-3-1-4-8-14)11-12-17-21(20)22(19)26(33)29(24(17)31)15-9-5-2-6-10-15/h1-13H. The molecule has 2 aliphatic rings. The van der Waals surface area contributed by atoms with Gasteiger partial charge >= 0.3 is 0 Å². The van der Waals surface area contributed by atoms with Gasteiger partial charge in [0.25, 0.3) is 23.6 Å². The van der Waals surface area contributed by atoms with Crippen molar-refractivity contribution >= 4 is 61.7 Å². The quantitative estimate of drug-likeness (QED) is 0.357. The van der Waals surface area contributed by atoms with Crippen LogP contribution in [0.3, 0.4) is 0 Å². The van der Waals surface area contributed by atoms with Crippen LogP contribution in [-0.4, -0.2) is 23.6 Å². The molecule has 4 aromatic rings. The minimum absolute atomic E-state index is 0.253. The summed E-state index contributed by atoms with van der Waals surface area (Å²) < 4.78 is 0.387. The molecule has 0 radical (unpaired) electrons. The Morgan fingerprint density at radius 1 is 0.515 bits per heavy atom. The third-order valence-corrected chi connectivity index (χ3v) is 6.61. The summed E-state index contributed by atoms with van der Waals surface area (Å²) in [6, 6.07) is 22.0. The lowest BCUT2D eigenvalue weighted by Gasteiger charge is -2.32. The Kier molecular flexibility index (Phi) is 4.12. The van der Waals surface area contributed by atoms with Crippen molar-refractivity contribution in [1.82, 2.24) is 0 Å². The molecule has 2 heterocycles. The highest BCUT2D eigenvalue weighted by Gasteiger charge is 2.41. The van der Waals surface area contributed by atoms with E-state index in [9.17, 15) is 19.2 Å². The Balaban J connectivity index is 1.63. The Morgan fingerprint density at radius 3 is 1.52 bits per heavy atom. The molecule has 0 saturated heterocycles. The number of imide groups is 2. The molecule has 0 atom stereocenters. The molecule has 0 aliphatic carbocycles. The molecule has 2 aliphatic heterocycles. The van der Waals surface area contributed by atoms with Crippen LogP contribution in [0.2, 0.25) is 0 Å². The minimum Gasteiger partial charge on any atom is -0.268 e. The third-order valence-electron chi connectivity index (χ3n) is 5.98. The van der Waals surface area contributed by atoms with E-state index < -0.39 is 23.6 Å². The lowest BCUT2D eigenvalue weighted by atomic mass is 9.85. The monoisotopic (exact) mass is 496 g/mol. The molecule has 7 heteroatoms. The molecule has 0 unspecified atom stereocenters. The van der Waals surface area contributed by atoms with Crippen molar-refractivity contribution in [1.29, 1.82) is 0 Å². The number of rotatable bonds is 2. The van der Waals surface area contributed by atoms with E-state index >= 15 is 0 Å². The molecule has 158 valence electrons. The molecule has 0 bridgehead atoms. The van der Waals surface area contributed by atoms with Crippen molar-refractivity contribution in [3.8, 4) is 0 Å². The van der Waals surface area contributed by atoms with Crippen molar-refractivity contribution in [2.24, 2.45) is 0 Å². The summed E-state index contributed by atoms with van der Waals surface area (Å²) >= 11 is 3.45. The van der Waals surface area contributed by atoms with Crippen molar-refractivity contribution in [3.63, 3.8) is 0 Å². The number of anilines is 2. The smallest absolute Gasteiger partial charge is 0.267 e. The van der Waals surface area contributed by atoms with Gasteiger partial charge < -0.3 is 0 Å². The minimum atomic E-state index is -0.514. The van der Waals surface area contributed by atoms with Crippen LogP contribution in [-0.2, 0) is 0 Å². The lowest BCUT2D eigenvalue weighted by molar-refractivity contribution is 0.0872. The maximum atomic E-state index is 13.5. The van der Waals surface area contributed by atoms with E-state index in [0.29, 0.717) is 26.6 Å². The summed E-state index contributed by atoms with van der Waals surface area (Å²) in [5.41, 5.74) is 1.95. The van der Waals surface area contributed by atoms with E-state index in [-0.39, 0.29) is 22.3 Å². The predicted octanol–water partition coefficient (Wildman–Crippen LogP) is 5.20. The van der Waals surface area contributed by atoms with E-state index in [2.05, 4.69) is 15.9 Å². The second-order valence-corrected chi connectivity index (χ2v) is 8.61. The summed E-state index contributed by atoms with van der Waals surface area (Å²) in [7, 11) is 0. The normalized spacial score (nSPS) is 14.9. The average molecular weight is 497 g/mol. The Bertz CT molecular complexity index is 1550. The van der Waals surface area contributed by atoms with Gasteiger partial charge in [0.1, 0.15) is 0 Å². The maximum Gasteiger partial charge on any atom is 0.267 e. The van der Waals surface area contributed by atoms with E-state index in [0.717, 1.165) is 9.80 Å². The van der Waals surface area contributed by atoms with Crippen molar-refractivity contribution in [2.45, 2.75) is 0 Å². The molecule has 6 rings (SSSR count). The zero-order valence-corrected chi connectivity index (χ0v) is 18.5. The van der Waals surface area contributed by atoms with Crippen molar-refractivity contribution in [3.05, 3.63) is 106 Å². The predicted molar refractivity (Wildman–Crippen MR) is 127 cm³/mol. The zero-order valence-electron chi connectivity index (χ0n) is 16.9. The van der Waals surface area contributed by atoms with E-state index in [1.165, 1.54) is 0 Å². The number of benzene rings is 4. The van der Waals surface area contributed by atoms with Gasteiger partial charge in [-0.3, -0.25) is 19.2 Å². The molecule has 0 spiro atoms. The SMILES string of the molecule is O=C1c2ccc3c4c(c(Br)cc(c24)C(=O)N1c1ccccc1)C(=O)N(c1ccccc1)C3=O. The molecular formula is C26H13BrN2O4. The van der Waals surface area contributed by atoms with Gasteiger partial charge in [0.05, 0.1) is 22.5 Å². The number of halogens is 1. The summed E-state index contributed by atoms with van der Waals surface area (Å²) in [4.78, 5) is 56.0. The maximum absolute atomic E-state index is 13.5. The second kappa shape index (κ2) is 6.95. The highest BCUT2D eigenvalue weighted by Crippen LogP contribution is 2.42. The third kappa shape index (κ3) is 2.60. The van der Waals surface area contributed by atoms with Crippen LogP contribution < -0.4 is 9.80 Å². The fourth-order valence-corrected chi connectivity index (χ4v) is 5.14. The number of hydrogen-bond donors (Lipinski definition) is 0. The molecule has 0 saturated carbocycles. The van der Waals surface area contributed by atoms with Crippen LogP contribution in [0.5, 0.6) is 0 Å². The molecule has 33 heavy (non-hydrogen) atoms. The summed E-state index contributed by atoms with van der Waals surface area (Å²) in [6.45, 7) is 0. The molecule has 6 nitrogen and oxygen atoms in total. The molecule has 0 aromatic heterocycles. The fourth-order valence-electron chi connectivity index (χ4n) is 4.55.